The van der Waals surface area contributed by atoms with E-state index in [2.05, 4.69) is 36.1 Å². The number of fused-ring (bicyclic) bond motifs is 1. The predicted molar refractivity (Wildman–Crippen MR) is 97.5 cm³/mol. The van der Waals surface area contributed by atoms with E-state index < -0.39 is 17.6 Å². The molecular formula is C16H16FN7O2S. The summed E-state index contributed by atoms with van der Waals surface area (Å²) < 4.78 is 13.9. The molecule has 0 aliphatic rings. The predicted octanol–water partition coefficient (Wildman–Crippen LogP) is 1.88. The number of rotatable bonds is 4. The Morgan fingerprint density at radius 3 is 2.67 bits per heavy atom. The van der Waals surface area contributed by atoms with Crippen molar-refractivity contribution in [2.75, 3.05) is 5.32 Å². The first kappa shape index (κ1) is 18.6. The number of thiazole rings is 1. The van der Waals surface area contributed by atoms with Crippen molar-refractivity contribution in [3.63, 3.8) is 0 Å². The van der Waals surface area contributed by atoms with Crippen molar-refractivity contribution in [3.05, 3.63) is 40.5 Å². The standard InChI is InChI=1S/C16H16FN7O2S/c1-7(10-4-11(17)6-18-5-10)19-16-21-12(15(26)24-23-8(2)25)13-14(22-16)20-9(3)27-13/h4-7H,1-3H3,(H,23,25)(H,24,26)(H,19,21,22)/t7-/m0/s1. The van der Waals surface area contributed by atoms with Crippen LogP contribution in [-0.2, 0) is 4.79 Å². The number of carbonyl (C=O) groups is 2. The van der Waals surface area contributed by atoms with Gasteiger partial charge in [0, 0.05) is 13.1 Å². The van der Waals surface area contributed by atoms with Crippen LogP contribution in [0.3, 0.4) is 0 Å². The van der Waals surface area contributed by atoms with Gasteiger partial charge < -0.3 is 5.32 Å². The number of aromatic nitrogens is 4. The van der Waals surface area contributed by atoms with Gasteiger partial charge in [-0.15, -0.1) is 11.3 Å². The number of hydrogen-bond donors (Lipinski definition) is 3. The molecule has 0 bridgehead atoms. The molecule has 3 heterocycles. The molecule has 0 aliphatic heterocycles. The first-order valence-corrected chi connectivity index (χ1v) is 8.74. The fraction of sp³-hybridized carbons (Fsp3) is 0.250. The second-order valence-corrected chi connectivity index (χ2v) is 6.92. The van der Waals surface area contributed by atoms with Crippen molar-refractivity contribution in [2.24, 2.45) is 0 Å². The van der Waals surface area contributed by atoms with Gasteiger partial charge in [-0.25, -0.2) is 14.4 Å². The highest BCUT2D eigenvalue weighted by Gasteiger charge is 2.19. The number of amides is 2. The zero-order chi connectivity index (χ0) is 19.6. The van der Waals surface area contributed by atoms with E-state index >= 15 is 0 Å². The van der Waals surface area contributed by atoms with Crippen molar-refractivity contribution in [1.82, 2.24) is 30.8 Å². The molecule has 0 fully saturated rings. The summed E-state index contributed by atoms with van der Waals surface area (Å²) in [5.41, 5.74) is 5.53. The summed E-state index contributed by atoms with van der Waals surface area (Å²) in [6.45, 7) is 4.84. The average molecular weight is 389 g/mol. The number of halogens is 1. The molecule has 9 nitrogen and oxygen atoms in total. The Morgan fingerprint density at radius 1 is 1.19 bits per heavy atom. The van der Waals surface area contributed by atoms with E-state index in [1.165, 1.54) is 30.5 Å². The first-order chi connectivity index (χ1) is 12.8. The smallest absolute Gasteiger partial charge is 0.290 e. The van der Waals surface area contributed by atoms with Crippen LogP contribution in [0, 0.1) is 12.7 Å². The lowest BCUT2D eigenvalue weighted by Crippen LogP contribution is -2.40. The molecule has 3 rings (SSSR count). The van der Waals surface area contributed by atoms with Crippen LogP contribution in [0.2, 0.25) is 0 Å². The van der Waals surface area contributed by atoms with Gasteiger partial charge in [-0.2, -0.15) is 4.98 Å². The Balaban J connectivity index is 1.93. The summed E-state index contributed by atoms with van der Waals surface area (Å²) in [5, 5.41) is 3.73. The van der Waals surface area contributed by atoms with E-state index in [1.807, 2.05) is 0 Å². The molecule has 3 aromatic rings. The summed E-state index contributed by atoms with van der Waals surface area (Å²) in [6.07, 6.45) is 2.64. The number of hydrazine groups is 1. The summed E-state index contributed by atoms with van der Waals surface area (Å²) >= 11 is 1.27. The third kappa shape index (κ3) is 4.31. The fourth-order valence-electron chi connectivity index (χ4n) is 2.29. The molecule has 3 aromatic heterocycles. The summed E-state index contributed by atoms with van der Waals surface area (Å²) in [7, 11) is 0. The Kier molecular flexibility index (Phi) is 5.21. The lowest BCUT2D eigenvalue weighted by atomic mass is 10.1. The fourth-order valence-corrected chi connectivity index (χ4v) is 3.14. The van der Waals surface area contributed by atoms with Crippen molar-refractivity contribution in [3.8, 4) is 0 Å². The summed E-state index contributed by atoms with van der Waals surface area (Å²) in [6, 6.07) is 0.984. The molecule has 0 aromatic carbocycles. The minimum Gasteiger partial charge on any atom is -0.348 e. The highest BCUT2D eigenvalue weighted by atomic mass is 32.1. The van der Waals surface area contributed by atoms with Crippen molar-refractivity contribution < 1.29 is 14.0 Å². The molecule has 11 heteroatoms. The van der Waals surface area contributed by atoms with E-state index in [-0.39, 0.29) is 17.7 Å². The van der Waals surface area contributed by atoms with Gasteiger partial charge in [-0.05, 0) is 25.5 Å². The van der Waals surface area contributed by atoms with Crippen LogP contribution in [0.25, 0.3) is 10.3 Å². The van der Waals surface area contributed by atoms with Crippen LogP contribution >= 0.6 is 11.3 Å². The average Bonchev–Trinajstić information content (AvgIpc) is 2.98. The number of nitrogens with one attached hydrogen (secondary N) is 3. The van der Waals surface area contributed by atoms with Gasteiger partial charge in [0.05, 0.1) is 17.2 Å². The minimum atomic E-state index is -0.593. The number of aryl methyl sites for hydroxylation is 1. The normalized spacial score (nSPS) is 11.9. The number of pyridine rings is 1. The van der Waals surface area contributed by atoms with E-state index in [9.17, 15) is 14.0 Å². The quantitative estimate of drug-likeness (QED) is 0.582. The zero-order valence-corrected chi connectivity index (χ0v) is 15.5. The Morgan fingerprint density at radius 2 is 1.96 bits per heavy atom. The van der Waals surface area contributed by atoms with Crippen LogP contribution in [0.4, 0.5) is 10.3 Å². The van der Waals surface area contributed by atoms with E-state index in [0.717, 1.165) is 6.20 Å². The Bertz CT molecular complexity index is 1020. The maximum absolute atomic E-state index is 13.4. The molecule has 0 spiro atoms. The molecule has 1 atom stereocenters. The largest absolute Gasteiger partial charge is 0.348 e. The van der Waals surface area contributed by atoms with Gasteiger partial charge in [0.25, 0.3) is 5.91 Å². The van der Waals surface area contributed by atoms with Gasteiger partial charge in [-0.3, -0.25) is 25.4 Å². The monoisotopic (exact) mass is 389 g/mol. The van der Waals surface area contributed by atoms with E-state index in [4.69, 9.17) is 0 Å². The molecule has 0 saturated heterocycles. The lowest BCUT2D eigenvalue weighted by Gasteiger charge is -2.14. The maximum Gasteiger partial charge on any atom is 0.290 e. The summed E-state index contributed by atoms with van der Waals surface area (Å²) in [4.78, 5) is 40.1. The van der Waals surface area contributed by atoms with Gasteiger partial charge in [0.2, 0.25) is 11.9 Å². The highest BCUT2D eigenvalue weighted by Crippen LogP contribution is 2.25. The third-order valence-corrected chi connectivity index (χ3v) is 4.47. The van der Waals surface area contributed by atoms with E-state index in [0.29, 0.717) is 20.9 Å². The highest BCUT2D eigenvalue weighted by molar-refractivity contribution is 7.18. The van der Waals surface area contributed by atoms with Crippen LogP contribution in [0.5, 0.6) is 0 Å². The van der Waals surface area contributed by atoms with Gasteiger partial charge in [0.1, 0.15) is 10.5 Å². The molecule has 0 saturated carbocycles. The molecule has 140 valence electrons. The van der Waals surface area contributed by atoms with Crippen LogP contribution in [0.15, 0.2) is 18.5 Å². The molecule has 27 heavy (non-hydrogen) atoms. The maximum atomic E-state index is 13.4. The Labute approximate surface area is 157 Å². The Hall–Kier alpha value is -3.21. The number of hydrogen-bond acceptors (Lipinski definition) is 8. The second kappa shape index (κ2) is 7.58. The molecule has 3 N–H and O–H groups in total. The molecular weight excluding hydrogens is 373 g/mol. The molecule has 2 amide bonds. The van der Waals surface area contributed by atoms with Crippen LogP contribution < -0.4 is 16.2 Å². The molecule has 0 unspecified atom stereocenters. The number of carbonyl (C=O) groups excluding carboxylic acids is 2. The van der Waals surface area contributed by atoms with Gasteiger partial charge in [0.15, 0.2) is 11.3 Å². The van der Waals surface area contributed by atoms with Crippen molar-refractivity contribution in [1.29, 1.82) is 0 Å². The van der Waals surface area contributed by atoms with Crippen molar-refractivity contribution >= 4 is 39.4 Å². The van der Waals surface area contributed by atoms with E-state index in [1.54, 1.807) is 13.8 Å². The molecule has 0 aliphatic carbocycles. The van der Waals surface area contributed by atoms with Crippen LogP contribution in [0.1, 0.15) is 40.9 Å². The number of nitrogens with zero attached hydrogens (tertiary/aromatic N) is 4. The third-order valence-electron chi connectivity index (χ3n) is 3.50. The van der Waals surface area contributed by atoms with Gasteiger partial charge in [-0.1, -0.05) is 0 Å². The number of anilines is 1. The second-order valence-electron chi connectivity index (χ2n) is 5.72. The SMILES string of the molecule is CC(=O)NNC(=O)c1nc(N[C@@H](C)c2cncc(F)c2)nc2nc(C)sc12. The lowest BCUT2D eigenvalue weighted by molar-refractivity contribution is -0.119. The topological polar surface area (TPSA) is 122 Å². The molecule has 0 radical (unpaired) electrons. The van der Waals surface area contributed by atoms with Gasteiger partial charge >= 0.3 is 0 Å². The van der Waals surface area contributed by atoms with Crippen molar-refractivity contribution in [2.45, 2.75) is 26.8 Å². The minimum absolute atomic E-state index is 0.0754. The zero-order valence-electron chi connectivity index (χ0n) is 14.7. The van der Waals surface area contributed by atoms with Crippen LogP contribution in [-0.4, -0.2) is 31.8 Å². The summed E-state index contributed by atoms with van der Waals surface area (Å²) in [5.74, 6) is -1.32. The first-order valence-electron chi connectivity index (χ1n) is 7.92.